The van der Waals surface area contributed by atoms with Crippen LogP contribution in [0.4, 0.5) is 5.13 Å². The van der Waals surface area contributed by atoms with Crippen molar-refractivity contribution >= 4 is 34.1 Å². The first-order chi connectivity index (χ1) is 15.6. The van der Waals surface area contributed by atoms with Gasteiger partial charge in [0.25, 0.3) is 0 Å². The molecule has 0 saturated carbocycles. The van der Waals surface area contributed by atoms with E-state index >= 15 is 0 Å². The molecule has 0 aliphatic carbocycles. The summed E-state index contributed by atoms with van der Waals surface area (Å²) in [4.78, 5) is 16.5. The number of carbonyl (C=O) groups excluding carboxylic acids is 1. The minimum atomic E-state index is -0.167. The molecule has 0 bridgehead atoms. The summed E-state index contributed by atoms with van der Waals surface area (Å²) in [6, 6.07) is 17.5. The number of carbonyl (C=O) groups is 1. The van der Waals surface area contributed by atoms with E-state index in [4.69, 9.17) is 9.68 Å². The van der Waals surface area contributed by atoms with E-state index in [9.17, 15) is 4.79 Å². The number of anilines is 1. The first kappa shape index (κ1) is 21.7. The molecule has 0 saturated heterocycles. The van der Waals surface area contributed by atoms with Crippen LogP contribution in [-0.4, -0.2) is 21.1 Å². The highest BCUT2D eigenvalue weighted by Gasteiger charge is 2.12. The van der Waals surface area contributed by atoms with Gasteiger partial charge < -0.3 is 9.73 Å². The number of nitrogens with one attached hydrogen (secondary N) is 1. The fraction of sp³-hybridized carbons (Fsp3) is 0.174. The van der Waals surface area contributed by atoms with Crippen LogP contribution in [0.2, 0.25) is 0 Å². The Hall–Kier alpha value is -3.48. The Kier molecular flexibility index (Phi) is 6.94. The standard InChI is InChI=1S/C23H19N5O2S2/c1-15-2-8-18(9-3-15)19-13-25-21(30-19)11-10-20(29)26-22-27-28-23(32-22)31-14-17-6-4-16(12-24)5-7-17/h2-9,13H,10-11,14H2,1H3,(H,26,27,29). The van der Waals surface area contributed by atoms with Crippen LogP contribution in [0.1, 0.15) is 29.0 Å². The maximum absolute atomic E-state index is 12.3. The average molecular weight is 462 g/mol. The summed E-state index contributed by atoms with van der Waals surface area (Å²) >= 11 is 2.86. The molecular formula is C23H19N5O2S2. The van der Waals surface area contributed by atoms with Gasteiger partial charge in [0.05, 0.1) is 17.8 Å². The van der Waals surface area contributed by atoms with Gasteiger partial charge in [0.2, 0.25) is 11.0 Å². The summed E-state index contributed by atoms with van der Waals surface area (Å²) in [6.07, 6.45) is 2.32. The van der Waals surface area contributed by atoms with Crippen molar-refractivity contribution in [2.24, 2.45) is 0 Å². The number of benzene rings is 2. The van der Waals surface area contributed by atoms with Crippen LogP contribution in [0.15, 0.2) is 63.5 Å². The molecule has 0 radical (unpaired) electrons. The van der Waals surface area contributed by atoms with E-state index in [0.717, 1.165) is 15.5 Å². The maximum atomic E-state index is 12.3. The van der Waals surface area contributed by atoms with E-state index in [2.05, 4.69) is 26.6 Å². The lowest BCUT2D eigenvalue weighted by Crippen LogP contribution is -2.12. The molecule has 4 aromatic rings. The van der Waals surface area contributed by atoms with Crippen LogP contribution >= 0.6 is 23.1 Å². The molecule has 0 aliphatic rings. The van der Waals surface area contributed by atoms with Gasteiger partial charge in [0.15, 0.2) is 16.0 Å². The molecule has 7 nitrogen and oxygen atoms in total. The minimum absolute atomic E-state index is 0.167. The zero-order valence-corrected chi connectivity index (χ0v) is 18.9. The number of rotatable bonds is 8. The minimum Gasteiger partial charge on any atom is -0.441 e. The molecule has 0 fully saturated rings. The molecule has 2 heterocycles. The lowest BCUT2D eigenvalue weighted by molar-refractivity contribution is -0.116. The lowest BCUT2D eigenvalue weighted by Gasteiger charge is -2.00. The van der Waals surface area contributed by atoms with Crippen LogP contribution in [0.25, 0.3) is 11.3 Å². The Labute approximate surface area is 193 Å². The molecule has 160 valence electrons. The smallest absolute Gasteiger partial charge is 0.226 e. The largest absolute Gasteiger partial charge is 0.441 e. The van der Waals surface area contributed by atoms with Crippen LogP contribution < -0.4 is 5.32 Å². The molecule has 1 amide bonds. The van der Waals surface area contributed by atoms with E-state index < -0.39 is 0 Å². The number of thioether (sulfide) groups is 1. The summed E-state index contributed by atoms with van der Waals surface area (Å²) in [5.41, 5.74) is 3.86. The quantitative estimate of drug-likeness (QED) is 0.283. The van der Waals surface area contributed by atoms with Crippen LogP contribution in [0.5, 0.6) is 0 Å². The molecule has 4 rings (SSSR count). The fourth-order valence-electron chi connectivity index (χ4n) is 2.82. The summed E-state index contributed by atoms with van der Waals surface area (Å²) < 4.78 is 6.53. The van der Waals surface area contributed by atoms with Gasteiger partial charge in [-0.05, 0) is 24.6 Å². The predicted molar refractivity (Wildman–Crippen MR) is 124 cm³/mol. The van der Waals surface area contributed by atoms with Gasteiger partial charge in [0.1, 0.15) is 0 Å². The number of oxazole rings is 1. The summed E-state index contributed by atoms with van der Waals surface area (Å²) in [7, 11) is 0. The number of amides is 1. The zero-order valence-electron chi connectivity index (χ0n) is 17.2. The number of nitriles is 1. The molecule has 1 N–H and O–H groups in total. The molecule has 0 atom stereocenters. The van der Waals surface area contributed by atoms with E-state index in [1.54, 1.807) is 18.3 Å². The van der Waals surface area contributed by atoms with Crippen molar-refractivity contribution in [2.75, 3.05) is 5.32 Å². The van der Waals surface area contributed by atoms with Crippen LogP contribution in [0.3, 0.4) is 0 Å². The molecule has 2 aromatic carbocycles. The van der Waals surface area contributed by atoms with E-state index in [-0.39, 0.29) is 12.3 Å². The SMILES string of the molecule is Cc1ccc(-c2cnc(CCC(=O)Nc3nnc(SCc4ccc(C#N)cc4)s3)o2)cc1. The third kappa shape index (κ3) is 5.81. The van der Waals surface area contributed by atoms with Gasteiger partial charge in [-0.2, -0.15) is 5.26 Å². The van der Waals surface area contributed by atoms with Gasteiger partial charge in [0, 0.05) is 24.2 Å². The van der Waals surface area contributed by atoms with Crippen molar-refractivity contribution < 1.29 is 9.21 Å². The molecule has 2 aromatic heterocycles. The number of hydrogen-bond donors (Lipinski definition) is 1. The summed E-state index contributed by atoms with van der Waals surface area (Å²) in [5, 5.41) is 20.2. The molecule has 0 aliphatic heterocycles. The second-order valence-electron chi connectivity index (χ2n) is 7.00. The van der Waals surface area contributed by atoms with Gasteiger partial charge in [-0.1, -0.05) is 65.1 Å². The highest BCUT2D eigenvalue weighted by Crippen LogP contribution is 2.28. The van der Waals surface area contributed by atoms with Gasteiger partial charge in [-0.15, -0.1) is 10.2 Å². The van der Waals surface area contributed by atoms with Gasteiger partial charge in [-0.25, -0.2) is 4.98 Å². The fourth-order valence-corrected chi connectivity index (χ4v) is 4.54. The average Bonchev–Trinajstić information content (AvgIpc) is 3.47. The van der Waals surface area contributed by atoms with E-state index in [0.29, 0.717) is 34.5 Å². The van der Waals surface area contributed by atoms with Crippen LogP contribution in [0, 0.1) is 18.3 Å². The number of nitrogens with zero attached hydrogens (tertiary/aromatic N) is 4. The second kappa shape index (κ2) is 10.2. The molecule has 0 unspecified atom stereocenters. The zero-order chi connectivity index (χ0) is 22.3. The third-order valence-electron chi connectivity index (χ3n) is 4.55. The highest BCUT2D eigenvalue weighted by atomic mass is 32.2. The number of aryl methyl sites for hydroxylation is 2. The Morgan fingerprint density at radius 2 is 1.94 bits per heavy atom. The second-order valence-corrected chi connectivity index (χ2v) is 9.20. The van der Waals surface area contributed by atoms with Crippen LogP contribution in [-0.2, 0) is 17.0 Å². The maximum Gasteiger partial charge on any atom is 0.226 e. The van der Waals surface area contributed by atoms with Crippen molar-refractivity contribution in [3.05, 3.63) is 77.3 Å². The van der Waals surface area contributed by atoms with Crippen molar-refractivity contribution in [1.82, 2.24) is 15.2 Å². The first-order valence-corrected chi connectivity index (χ1v) is 11.7. The Morgan fingerprint density at radius 3 is 2.69 bits per heavy atom. The topological polar surface area (TPSA) is 105 Å². The first-order valence-electron chi connectivity index (χ1n) is 9.86. The van der Waals surface area contributed by atoms with Crippen molar-refractivity contribution in [3.63, 3.8) is 0 Å². The van der Waals surface area contributed by atoms with E-state index in [1.165, 1.54) is 28.7 Å². The number of aromatic nitrogens is 3. The van der Waals surface area contributed by atoms with Crippen molar-refractivity contribution in [3.8, 4) is 17.4 Å². The molecular weight excluding hydrogens is 442 g/mol. The lowest BCUT2D eigenvalue weighted by atomic mass is 10.1. The Balaban J connectivity index is 1.24. The Morgan fingerprint density at radius 1 is 1.16 bits per heavy atom. The molecule has 0 spiro atoms. The third-order valence-corrected chi connectivity index (χ3v) is 6.60. The highest BCUT2D eigenvalue weighted by molar-refractivity contribution is 8.00. The van der Waals surface area contributed by atoms with Crippen molar-refractivity contribution in [2.45, 2.75) is 29.9 Å². The molecule has 32 heavy (non-hydrogen) atoms. The van der Waals surface area contributed by atoms with Gasteiger partial charge >= 0.3 is 0 Å². The summed E-state index contributed by atoms with van der Waals surface area (Å²) in [6.45, 7) is 2.03. The van der Waals surface area contributed by atoms with Crippen molar-refractivity contribution in [1.29, 1.82) is 5.26 Å². The monoisotopic (exact) mass is 461 g/mol. The summed E-state index contributed by atoms with van der Waals surface area (Å²) in [5.74, 6) is 1.75. The number of hydrogen-bond acceptors (Lipinski definition) is 8. The normalized spacial score (nSPS) is 10.6. The van der Waals surface area contributed by atoms with Gasteiger partial charge in [-0.3, -0.25) is 4.79 Å². The Bertz CT molecular complexity index is 1240. The molecule has 9 heteroatoms. The predicted octanol–water partition coefficient (Wildman–Crippen LogP) is 5.24. The van der Waals surface area contributed by atoms with E-state index in [1.807, 2.05) is 43.3 Å².